The number of amides is 1. The van der Waals surface area contributed by atoms with Crippen molar-refractivity contribution in [2.45, 2.75) is 24.3 Å². The Kier molecular flexibility index (Phi) is 6.33. The van der Waals surface area contributed by atoms with Crippen LogP contribution in [0.15, 0.2) is 47.4 Å². The summed E-state index contributed by atoms with van der Waals surface area (Å²) in [5.74, 6) is -0.774. The lowest BCUT2D eigenvalue weighted by molar-refractivity contribution is -0.0512. The van der Waals surface area contributed by atoms with Crippen molar-refractivity contribution in [1.82, 2.24) is 4.31 Å². The van der Waals surface area contributed by atoms with Gasteiger partial charge in [0.1, 0.15) is 0 Å². The third-order valence-electron chi connectivity index (χ3n) is 4.44. The van der Waals surface area contributed by atoms with Gasteiger partial charge in [0.25, 0.3) is 5.91 Å². The maximum Gasteiger partial charge on any atom is 0.387 e. The molecular weight excluding hydrogens is 406 g/mol. The van der Waals surface area contributed by atoms with Crippen LogP contribution in [0.2, 0.25) is 0 Å². The molecule has 0 unspecified atom stereocenters. The number of sulfonamides is 1. The van der Waals surface area contributed by atoms with Gasteiger partial charge in [-0.1, -0.05) is 6.07 Å². The molecule has 2 aromatic rings. The first kappa shape index (κ1) is 21.0. The van der Waals surface area contributed by atoms with Crippen LogP contribution in [0.25, 0.3) is 0 Å². The Morgan fingerprint density at radius 1 is 1.10 bits per heavy atom. The molecule has 1 N–H and O–H groups in total. The molecule has 1 aliphatic heterocycles. The molecule has 156 valence electrons. The average molecular weight is 426 g/mol. The summed E-state index contributed by atoms with van der Waals surface area (Å²) < 4.78 is 60.9. The molecule has 10 heteroatoms. The summed E-state index contributed by atoms with van der Waals surface area (Å²) in [6.45, 7) is -2.07. The Hall–Kier alpha value is -2.72. The molecule has 7 nitrogen and oxygen atoms in total. The van der Waals surface area contributed by atoms with Gasteiger partial charge in [-0.25, -0.2) is 8.42 Å². The number of rotatable bonds is 7. The van der Waals surface area contributed by atoms with Gasteiger partial charge in [-0.2, -0.15) is 13.1 Å². The highest BCUT2D eigenvalue weighted by Crippen LogP contribution is 2.30. The van der Waals surface area contributed by atoms with Crippen LogP contribution in [0.4, 0.5) is 14.5 Å². The molecule has 2 aromatic carbocycles. The molecule has 0 radical (unpaired) electrons. The first-order chi connectivity index (χ1) is 13.8. The van der Waals surface area contributed by atoms with Crippen LogP contribution in [-0.4, -0.2) is 45.4 Å². The lowest BCUT2D eigenvalue weighted by Crippen LogP contribution is -2.27. The number of carbonyl (C=O) groups is 1. The first-order valence-electron chi connectivity index (χ1n) is 8.85. The van der Waals surface area contributed by atoms with Gasteiger partial charge in [-0.15, -0.1) is 0 Å². The fourth-order valence-electron chi connectivity index (χ4n) is 3.02. The normalized spacial score (nSPS) is 14.8. The molecule has 3 rings (SSSR count). The SMILES string of the molecule is COc1cc(C(=O)Nc2cccc(S(=O)(=O)N3CCCC3)c2)ccc1OC(F)F. The molecule has 1 amide bonds. The second kappa shape index (κ2) is 8.75. The largest absolute Gasteiger partial charge is 0.493 e. The van der Waals surface area contributed by atoms with E-state index in [4.69, 9.17) is 4.74 Å². The average Bonchev–Trinajstić information content (AvgIpc) is 3.23. The number of anilines is 1. The number of benzene rings is 2. The second-order valence-electron chi connectivity index (χ2n) is 6.34. The minimum atomic E-state index is -3.62. The molecule has 0 spiro atoms. The molecule has 0 atom stereocenters. The zero-order chi connectivity index (χ0) is 21.0. The van der Waals surface area contributed by atoms with Gasteiger partial charge < -0.3 is 14.8 Å². The Balaban J connectivity index is 1.79. The Morgan fingerprint density at radius 2 is 1.83 bits per heavy atom. The van der Waals surface area contributed by atoms with E-state index in [1.165, 1.54) is 41.7 Å². The highest BCUT2D eigenvalue weighted by molar-refractivity contribution is 7.89. The Morgan fingerprint density at radius 3 is 2.48 bits per heavy atom. The fourth-order valence-corrected chi connectivity index (χ4v) is 4.58. The minimum Gasteiger partial charge on any atom is -0.493 e. The number of nitrogens with one attached hydrogen (secondary N) is 1. The molecule has 1 heterocycles. The van der Waals surface area contributed by atoms with Crippen LogP contribution in [0.5, 0.6) is 11.5 Å². The number of hydrogen-bond acceptors (Lipinski definition) is 5. The summed E-state index contributed by atoms with van der Waals surface area (Å²) in [4.78, 5) is 12.6. The van der Waals surface area contributed by atoms with Gasteiger partial charge in [-0.3, -0.25) is 4.79 Å². The maximum atomic E-state index is 12.7. The number of halogens is 2. The first-order valence-corrected chi connectivity index (χ1v) is 10.3. The topological polar surface area (TPSA) is 84.9 Å². The number of nitrogens with zero attached hydrogens (tertiary/aromatic N) is 1. The number of methoxy groups -OCH3 is 1. The maximum absolute atomic E-state index is 12.7. The number of carbonyl (C=O) groups excluding carboxylic acids is 1. The second-order valence-corrected chi connectivity index (χ2v) is 8.28. The molecule has 0 aliphatic carbocycles. The summed E-state index contributed by atoms with van der Waals surface area (Å²) in [6.07, 6.45) is 1.64. The van der Waals surface area contributed by atoms with E-state index in [1.807, 2.05) is 0 Å². The molecular formula is C19H20F2N2O5S. The van der Waals surface area contributed by atoms with Gasteiger partial charge in [-0.05, 0) is 49.2 Å². The molecule has 0 bridgehead atoms. The summed E-state index contributed by atoms with van der Waals surface area (Å²) in [5.41, 5.74) is 0.429. The van der Waals surface area contributed by atoms with Crippen LogP contribution in [0.3, 0.4) is 0 Å². The van der Waals surface area contributed by atoms with E-state index < -0.39 is 22.5 Å². The molecule has 29 heavy (non-hydrogen) atoms. The van der Waals surface area contributed by atoms with E-state index in [-0.39, 0.29) is 22.0 Å². The van der Waals surface area contributed by atoms with E-state index in [1.54, 1.807) is 12.1 Å². The van der Waals surface area contributed by atoms with Crippen molar-refractivity contribution in [3.8, 4) is 11.5 Å². The highest BCUT2D eigenvalue weighted by atomic mass is 32.2. The van der Waals surface area contributed by atoms with E-state index in [9.17, 15) is 22.0 Å². The van der Waals surface area contributed by atoms with Crippen molar-refractivity contribution in [2.24, 2.45) is 0 Å². The molecule has 0 aromatic heterocycles. The lowest BCUT2D eigenvalue weighted by atomic mass is 10.2. The monoisotopic (exact) mass is 426 g/mol. The predicted octanol–water partition coefficient (Wildman–Crippen LogP) is 3.33. The van der Waals surface area contributed by atoms with E-state index in [0.717, 1.165) is 12.8 Å². The van der Waals surface area contributed by atoms with Crippen LogP contribution in [-0.2, 0) is 10.0 Å². The van der Waals surface area contributed by atoms with E-state index in [2.05, 4.69) is 10.1 Å². The Bertz CT molecular complexity index is 992. The van der Waals surface area contributed by atoms with Gasteiger partial charge in [0.05, 0.1) is 12.0 Å². The summed E-state index contributed by atoms with van der Waals surface area (Å²) in [5, 5.41) is 2.61. The van der Waals surface area contributed by atoms with Crippen molar-refractivity contribution in [3.63, 3.8) is 0 Å². The van der Waals surface area contributed by atoms with Gasteiger partial charge in [0.15, 0.2) is 11.5 Å². The van der Waals surface area contributed by atoms with Gasteiger partial charge in [0.2, 0.25) is 10.0 Å². The van der Waals surface area contributed by atoms with Crippen LogP contribution >= 0.6 is 0 Å². The van der Waals surface area contributed by atoms with Crippen LogP contribution in [0.1, 0.15) is 23.2 Å². The van der Waals surface area contributed by atoms with Crippen molar-refractivity contribution >= 4 is 21.6 Å². The number of hydrogen-bond donors (Lipinski definition) is 1. The van der Waals surface area contributed by atoms with Crippen molar-refractivity contribution in [1.29, 1.82) is 0 Å². The van der Waals surface area contributed by atoms with Gasteiger partial charge >= 0.3 is 6.61 Å². The van der Waals surface area contributed by atoms with Crippen molar-refractivity contribution < 1.29 is 31.5 Å². The minimum absolute atomic E-state index is 0.0247. The third kappa shape index (κ3) is 4.83. The van der Waals surface area contributed by atoms with Crippen molar-refractivity contribution in [2.75, 3.05) is 25.5 Å². The molecule has 1 aliphatic rings. The predicted molar refractivity (Wildman–Crippen MR) is 102 cm³/mol. The van der Waals surface area contributed by atoms with E-state index in [0.29, 0.717) is 18.8 Å². The summed E-state index contributed by atoms with van der Waals surface area (Å²) in [7, 11) is -2.35. The standard InChI is InChI=1S/C19H20F2N2O5S/c1-27-17-11-13(7-8-16(17)28-19(20)21)18(24)22-14-5-4-6-15(12-14)29(25,26)23-9-2-3-10-23/h4-8,11-12,19H,2-3,9-10H2,1H3,(H,22,24). The summed E-state index contributed by atoms with van der Waals surface area (Å²) in [6, 6.07) is 9.73. The van der Waals surface area contributed by atoms with Crippen LogP contribution < -0.4 is 14.8 Å². The number of ether oxygens (including phenoxy) is 2. The molecule has 1 saturated heterocycles. The highest BCUT2D eigenvalue weighted by Gasteiger charge is 2.27. The quantitative estimate of drug-likeness (QED) is 0.734. The lowest BCUT2D eigenvalue weighted by Gasteiger charge is -2.16. The van der Waals surface area contributed by atoms with Gasteiger partial charge in [0, 0.05) is 24.3 Å². The molecule has 0 saturated carbocycles. The number of alkyl halides is 2. The third-order valence-corrected chi connectivity index (χ3v) is 6.33. The van der Waals surface area contributed by atoms with Crippen molar-refractivity contribution in [3.05, 3.63) is 48.0 Å². The summed E-state index contributed by atoms with van der Waals surface area (Å²) >= 11 is 0. The smallest absolute Gasteiger partial charge is 0.387 e. The molecule has 1 fully saturated rings. The van der Waals surface area contributed by atoms with Crippen LogP contribution in [0, 0.1) is 0 Å². The zero-order valence-electron chi connectivity index (χ0n) is 15.6. The zero-order valence-corrected chi connectivity index (χ0v) is 16.4. The Labute approximate surface area is 167 Å². The fraction of sp³-hybridized carbons (Fsp3) is 0.316. The van der Waals surface area contributed by atoms with E-state index >= 15 is 0 Å².